The monoisotopic (exact) mass is 300 g/mol. The second-order valence-electron chi connectivity index (χ2n) is 5.55. The molecule has 0 saturated carbocycles. The molecule has 2 aliphatic rings. The summed E-state index contributed by atoms with van der Waals surface area (Å²) in [6.45, 7) is 4.18. The number of thiophene rings is 1. The summed E-state index contributed by atoms with van der Waals surface area (Å²) < 4.78 is 0. The zero-order valence-electron chi connectivity index (χ0n) is 11.1. The second-order valence-corrected chi connectivity index (χ2v) is 6.33. The molecule has 2 fully saturated rings. The molecule has 1 aromatic heterocycles. The molecule has 0 bridgehead atoms. The van der Waals surface area contributed by atoms with E-state index in [2.05, 4.69) is 5.32 Å². The van der Waals surface area contributed by atoms with E-state index in [0.717, 1.165) is 31.7 Å². The number of carbonyl (C=O) groups excluding carboxylic acids is 1. The first-order valence-corrected chi connectivity index (χ1v) is 7.76. The van der Waals surface area contributed by atoms with Gasteiger partial charge >= 0.3 is 0 Å². The summed E-state index contributed by atoms with van der Waals surface area (Å²) in [4.78, 5) is 14.3. The van der Waals surface area contributed by atoms with Gasteiger partial charge < -0.3 is 10.2 Å². The Labute approximate surface area is 124 Å². The van der Waals surface area contributed by atoms with Crippen LogP contribution in [0.25, 0.3) is 0 Å². The van der Waals surface area contributed by atoms with Crippen molar-refractivity contribution in [1.29, 1.82) is 0 Å². The third-order valence-corrected chi connectivity index (χ3v) is 5.23. The molecule has 0 atom stereocenters. The van der Waals surface area contributed by atoms with Crippen LogP contribution in [0.2, 0.25) is 0 Å². The molecule has 1 N–H and O–H groups in total. The van der Waals surface area contributed by atoms with Gasteiger partial charge in [0, 0.05) is 18.5 Å². The Kier molecular flexibility index (Phi) is 4.87. The average molecular weight is 301 g/mol. The van der Waals surface area contributed by atoms with Crippen molar-refractivity contribution in [3.63, 3.8) is 0 Å². The second kappa shape index (κ2) is 6.25. The molecule has 5 heteroatoms. The van der Waals surface area contributed by atoms with E-state index in [1.165, 1.54) is 25.7 Å². The van der Waals surface area contributed by atoms with Crippen molar-refractivity contribution >= 4 is 29.7 Å². The summed E-state index contributed by atoms with van der Waals surface area (Å²) in [5.41, 5.74) is 1.39. The predicted molar refractivity (Wildman–Crippen MR) is 81.2 cm³/mol. The molecule has 0 aromatic carbocycles. The van der Waals surface area contributed by atoms with Gasteiger partial charge in [0.05, 0.1) is 5.56 Å². The van der Waals surface area contributed by atoms with Crippen LogP contribution < -0.4 is 5.32 Å². The van der Waals surface area contributed by atoms with Gasteiger partial charge in [0.15, 0.2) is 0 Å². The number of likely N-dealkylation sites (tertiary alicyclic amines) is 1. The van der Waals surface area contributed by atoms with Crippen LogP contribution in [0.1, 0.15) is 36.0 Å². The fraction of sp³-hybridized carbons (Fsp3) is 0.643. The van der Waals surface area contributed by atoms with Crippen molar-refractivity contribution in [3.8, 4) is 0 Å². The number of nitrogens with zero attached hydrogens (tertiary/aromatic N) is 1. The number of hydrogen-bond donors (Lipinski definition) is 1. The number of nitrogens with one attached hydrogen (secondary N) is 1. The van der Waals surface area contributed by atoms with Gasteiger partial charge in [-0.3, -0.25) is 4.79 Å². The summed E-state index contributed by atoms with van der Waals surface area (Å²) in [6, 6.07) is 1.93. The molecular formula is C14H21ClN2OS. The number of carbonyl (C=O) groups is 1. The van der Waals surface area contributed by atoms with Crippen molar-refractivity contribution in [3.05, 3.63) is 22.4 Å². The normalized spacial score (nSPS) is 22.0. The predicted octanol–water partition coefficient (Wildman–Crippen LogP) is 2.78. The molecule has 0 radical (unpaired) electrons. The summed E-state index contributed by atoms with van der Waals surface area (Å²) in [5.74, 6) is 0.222. The van der Waals surface area contributed by atoms with Crippen molar-refractivity contribution in [2.45, 2.75) is 25.7 Å². The molecule has 0 unspecified atom stereocenters. The fourth-order valence-corrected chi connectivity index (χ4v) is 3.84. The summed E-state index contributed by atoms with van der Waals surface area (Å²) in [5, 5.41) is 7.37. The maximum Gasteiger partial charge on any atom is 0.254 e. The van der Waals surface area contributed by atoms with Gasteiger partial charge in [-0.15, -0.1) is 12.4 Å². The zero-order valence-corrected chi connectivity index (χ0v) is 12.7. The van der Waals surface area contributed by atoms with E-state index in [-0.39, 0.29) is 18.3 Å². The van der Waals surface area contributed by atoms with Crippen molar-refractivity contribution in [1.82, 2.24) is 10.2 Å². The highest BCUT2D eigenvalue weighted by molar-refractivity contribution is 7.08. The van der Waals surface area contributed by atoms with Crippen molar-refractivity contribution in [2.24, 2.45) is 5.41 Å². The van der Waals surface area contributed by atoms with E-state index in [1.54, 1.807) is 11.3 Å². The first-order valence-electron chi connectivity index (χ1n) is 6.81. The lowest BCUT2D eigenvalue weighted by molar-refractivity contribution is 0.0496. The van der Waals surface area contributed by atoms with Crippen LogP contribution >= 0.6 is 23.7 Å². The summed E-state index contributed by atoms with van der Waals surface area (Å²) in [6.07, 6.45) is 4.94. The molecule has 1 aromatic rings. The number of halogens is 1. The van der Waals surface area contributed by atoms with Gasteiger partial charge in [0.25, 0.3) is 5.91 Å². The molecule has 3 rings (SSSR count). The third kappa shape index (κ3) is 3.12. The summed E-state index contributed by atoms with van der Waals surface area (Å²) >= 11 is 1.60. The Hall–Kier alpha value is -0.580. The number of amides is 1. The maximum atomic E-state index is 12.3. The molecule has 0 aliphatic carbocycles. The van der Waals surface area contributed by atoms with Crippen LogP contribution in [0.3, 0.4) is 0 Å². The molecular weight excluding hydrogens is 280 g/mol. The van der Waals surface area contributed by atoms with Crippen LogP contribution in [0, 0.1) is 5.41 Å². The van der Waals surface area contributed by atoms with E-state index in [1.807, 2.05) is 21.7 Å². The minimum Gasteiger partial charge on any atom is -0.339 e. The van der Waals surface area contributed by atoms with Gasteiger partial charge in [-0.1, -0.05) is 0 Å². The van der Waals surface area contributed by atoms with Crippen LogP contribution in [0.15, 0.2) is 16.8 Å². The molecule has 2 aliphatic heterocycles. The molecule has 1 amide bonds. The Bertz CT molecular complexity index is 405. The van der Waals surface area contributed by atoms with E-state index in [9.17, 15) is 4.79 Å². The van der Waals surface area contributed by atoms with Gasteiger partial charge in [-0.05, 0) is 55.6 Å². The molecule has 19 heavy (non-hydrogen) atoms. The smallest absolute Gasteiger partial charge is 0.254 e. The largest absolute Gasteiger partial charge is 0.339 e. The Balaban J connectivity index is 0.00000133. The maximum absolute atomic E-state index is 12.3. The lowest BCUT2D eigenvalue weighted by atomic mass is 9.71. The third-order valence-electron chi connectivity index (χ3n) is 4.54. The first-order chi connectivity index (χ1) is 8.79. The van der Waals surface area contributed by atoms with E-state index in [0.29, 0.717) is 5.41 Å². The van der Waals surface area contributed by atoms with Gasteiger partial charge in [-0.25, -0.2) is 0 Å². The highest BCUT2D eigenvalue weighted by Gasteiger charge is 2.36. The molecule has 2 saturated heterocycles. The van der Waals surface area contributed by atoms with Gasteiger partial charge in [0.2, 0.25) is 0 Å². The quantitative estimate of drug-likeness (QED) is 0.865. The lowest BCUT2D eigenvalue weighted by Crippen LogP contribution is -2.47. The van der Waals surface area contributed by atoms with Crippen LogP contribution in [0.4, 0.5) is 0 Å². The lowest BCUT2D eigenvalue weighted by Gasteiger charge is -2.44. The van der Waals surface area contributed by atoms with Gasteiger partial charge in [0.1, 0.15) is 0 Å². The van der Waals surface area contributed by atoms with Gasteiger partial charge in [-0.2, -0.15) is 11.3 Å². The minimum absolute atomic E-state index is 0. The molecule has 1 spiro atoms. The van der Waals surface area contributed by atoms with Crippen LogP contribution in [-0.2, 0) is 0 Å². The topological polar surface area (TPSA) is 32.3 Å². The number of hydrogen-bond acceptors (Lipinski definition) is 3. The van der Waals surface area contributed by atoms with Crippen molar-refractivity contribution < 1.29 is 4.79 Å². The zero-order chi connectivity index (χ0) is 12.4. The fourth-order valence-electron chi connectivity index (χ4n) is 3.21. The first kappa shape index (κ1) is 14.8. The van der Waals surface area contributed by atoms with E-state index < -0.39 is 0 Å². The van der Waals surface area contributed by atoms with Crippen LogP contribution in [0.5, 0.6) is 0 Å². The highest BCUT2D eigenvalue weighted by atomic mass is 35.5. The number of piperidine rings is 2. The molecule has 3 heterocycles. The van der Waals surface area contributed by atoms with E-state index in [4.69, 9.17) is 0 Å². The highest BCUT2D eigenvalue weighted by Crippen LogP contribution is 2.39. The number of rotatable bonds is 1. The minimum atomic E-state index is 0. The Morgan fingerprint density at radius 3 is 2.47 bits per heavy atom. The molecule has 3 nitrogen and oxygen atoms in total. The average Bonchev–Trinajstić information content (AvgIpc) is 2.94. The summed E-state index contributed by atoms with van der Waals surface area (Å²) in [7, 11) is 0. The van der Waals surface area contributed by atoms with Crippen molar-refractivity contribution in [2.75, 3.05) is 26.2 Å². The Morgan fingerprint density at radius 2 is 1.89 bits per heavy atom. The van der Waals surface area contributed by atoms with E-state index >= 15 is 0 Å². The van der Waals surface area contributed by atoms with Crippen LogP contribution in [-0.4, -0.2) is 37.0 Å². The molecule has 106 valence electrons. The standard InChI is InChI=1S/C14H20N2OS.ClH/c17-13(12-1-10-18-11-12)16-8-4-14(5-9-16)2-6-15-7-3-14;/h1,10-11,15H,2-9H2;1H. The Morgan fingerprint density at radius 1 is 1.21 bits per heavy atom. The SMILES string of the molecule is Cl.O=C(c1ccsc1)N1CCC2(CCNCC2)CC1.